The van der Waals surface area contributed by atoms with Crippen molar-refractivity contribution in [1.29, 1.82) is 0 Å². The van der Waals surface area contributed by atoms with Gasteiger partial charge in [0.25, 0.3) is 0 Å². The molecule has 1 unspecified atom stereocenters. The third-order valence-electron chi connectivity index (χ3n) is 3.83. The third-order valence-corrected chi connectivity index (χ3v) is 3.83. The zero-order valence-electron chi connectivity index (χ0n) is 10.9. The number of anilines is 2. The lowest BCUT2D eigenvalue weighted by Crippen LogP contribution is -2.42. The van der Waals surface area contributed by atoms with Gasteiger partial charge in [-0.1, -0.05) is 0 Å². The number of piperidine rings is 1. The molecule has 19 heavy (non-hydrogen) atoms. The van der Waals surface area contributed by atoms with Gasteiger partial charge in [0.05, 0.1) is 18.2 Å². The Hall–Kier alpha value is -1.81. The Morgan fingerprint density at radius 2 is 2.16 bits per heavy atom. The van der Waals surface area contributed by atoms with Crippen molar-refractivity contribution in [2.75, 3.05) is 23.8 Å². The zero-order chi connectivity index (χ0) is 13.2. The van der Waals surface area contributed by atoms with Crippen LogP contribution in [-0.2, 0) is 0 Å². The second-order valence-electron chi connectivity index (χ2n) is 5.15. The van der Waals surface area contributed by atoms with Crippen molar-refractivity contribution in [2.45, 2.75) is 25.3 Å². The first kappa shape index (κ1) is 12.2. The summed E-state index contributed by atoms with van der Waals surface area (Å²) in [6, 6.07) is 10.0. The van der Waals surface area contributed by atoms with Crippen molar-refractivity contribution >= 4 is 22.4 Å². The first-order valence-electron chi connectivity index (χ1n) is 6.82. The maximum absolute atomic E-state index is 9.49. The highest BCUT2D eigenvalue weighted by Crippen LogP contribution is 2.25. The minimum absolute atomic E-state index is 0.196. The SMILES string of the molecule is Nc1ccc2nc(N3CCCCC3CO)ccc2c1. The molecule has 0 aliphatic carbocycles. The van der Waals surface area contributed by atoms with E-state index in [1.54, 1.807) is 0 Å². The number of hydrogen-bond acceptors (Lipinski definition) is 4. The first-order chi connectivity index (χ1) is 9.28. The number of aliphatic hydroxyl groups excluding tert-OH is 1. The molecule has 1 atom stereocenters. The maximum Gasteiger partial charge on any atom is 0.129 e. The Bertz CT molecular complexity index is 585. The lowest BCUT2D eigenvalue weighted by Gasteiger charge is -2.35. The van der Waals surface area contributed by atoms with Gasteiger partial charge in [-0.3, -0.25) is 0 Å². The van der Waals surface area contributed by atoms with Gasteiger partial charge in [-0.05, 0) is 49.6 Å². The molecule has 100 valence electrons. The lowest BCUT2D eigenvalue weighted by molar-refractivity contribution is 0.239. The van der Waals surface area contributed by atoms with E-state index in [0.717, 1.165) is 41.8 Å². The van der Waals surface area contributed by atoms with Gasteiger partial charge in [0.1, 0.15) is 5.82 Å². The number of aliphatic hydroxyl groups is 1. The second-order valence-corrected chi connectivity index (χ2v) is 5.15. The number of nitrogens with zero attached hydrogens (tertiary/aromatic N) is 2. The van der Waals surface area contributed by atoms with E-state index in [9.17, 15) is 5.11 Å². The van der Waals surface area contributed by atoms with Gasteiger partial charge >= 0.3 is 0 Å². The molecule has 4 heteroatoms. The maximum atomic E-state index is 9.49. The van der Waals surface area contributed by atoms with E-state index in [4.69, 9.17) is 10.7 Å². The fourth-order valence-electron chi connectivity index (χ4n) is 2.79. The van der Waals surface area contributed by atoms with Crippen LogP contribution in [0.4, 0.5) is 11.5 Å². The minimum atomic E-state index is 0.196. The van der Waals surface area contributed by atoms with Gasteiger partial charge < -0.3 is 15.7 Å². The molecule has 2 aromatic rings. The summed E-state index contributed by atoms with van der Waals surface area (Å²) in [5, 5.41) is 10.5. The normalized spacial score (nSPS) is 19.8. The predicted octanol–water partition coefficient (Wildman–Crippen LogP) is 2.17. The molecule has 0 spiro atoms. The fourth-order valence-corrected chi connectivity index (χ4v) is 2.79. The number of fused-ring (bicyclic) bond motifs is 1. The number of rotatable bonds is 2. The largest absolute Gasteiger partial charge is 0.399 e. The summed E-state index contributed by atoms with van der Waals surface area (Å²) < 4.78 is 0. The highest BCUT2D eigenvalue weighted by atomic mass is 16.3. The third kappa shape index (κ3) is 2.36. The van der Waals surface area contributed by atoms with Gasteiger partial charge in [-0.25, -0.2) is 4.98 Å². The van der Waals surface area contributed by atoms with Crippen molar-refractivity contribution in [2.24, 2.45) is 0 Å². The summed E-state index contributed by atoms with van der Waals surface area (Å²) in [6.07, 6.45) is 3.39. The summed E-state index contributed by atoms with van der Waals surface area (Å²) in [6.45, 7) is 1.17. The van der Waals surface area contributed by atoms with Crippen LogP contribution in [0.1, 0.15) is 19.3 Å². The van der Waals surface area contributed by atoms with Crippen molar-refractivity contribution < 1.29 is 5.11 Å². The summed E-state index contributed by atoms with van der Waals surface area (Å²) in [5.41, 5.74) is 7.49. The molecule has 1 aliphatic heterocycles. The highest BCUT2D eigenvalue weighted by Gasteiger charge is 2.22. The van der Waals surface area contributed by atoms with Gasteiger partial charge in [0.2, 0.25) is 0 Å². The minimum Gasteiger partial charge on any atom is -0.399 e. The molecule has 0 bridgehead atoms. The van der Waals surface area contributed by atoms with Crippen molar-refractivity contribution in [1.82, 2.24) is 4.98 Å². The van der Waals surface area contributed by atoms with Crippen LogP contribution in [-0.4, -0.2) is 29.3 Å². The summed E-state index contributed by atoms with van der Waals surface area (Å²) >= 11 is 0. The summed E-state index contributed by atoms with van der Waals surface area (Å²) in [7, 11) is 0. The van der Waals surface area contributed by atoms with Gasteiger partial charge in [0.15, 0.2) is 0 Å². The van der Waals surface area contributed by atoms with Crippen LogP contribution in [0.5, 0.6) is 0 Å². The van der Waals surface area contributed by atoms with Crippen LogP contribution in [0.15, 0.2) is 30.3 Å². The van der Waals surface area contributed by atoms with Crippen LogP contribution in [0.3, 0.4) is 0 Å². The topological polar surface area (TPSA) is 62.4 Å². The number of aromatic nitrogens is 1. The number of benzene rings is 1. The smallest absolute Gasteiger partial charge is 0.129 e. The molecular formula is C15H19N3O. The molecule has 1 aromatic heterocycles. The van der Waals surface area contributed by atoms with Gasteiger partial charge in [0, 0.05) is 17.6 Å². The Kier molecular flexibility index (Phi) is 3.25. The number of pyridine rings is 1. The number of hydrogen-bond donors (Lipinski definition) is 2. The molecule has 0 saturated carbocycles. The first-order valence-corrected chi connectivity index (χ1v) is 6.82. The van der Waals surface area contributed by atoms with E-state index >= 15 is 0 Å². The fraction of sp³-hybridized carbons (Fsp3) is 0.400. The average molecular weight is 257 g/mol. The Labute approximate surface area is 112 Å². The molecule has 1 aromatic carbocycles. The molecule has 1 fully saturated rings. The molecule has 1 saturated heterocycles. The molecule has 2 heterocycles. The highest BCUT2D eigenvalue weighted by molar-refractivity contribution is 5.83. The Morgan fingerprint density at radius 3 is 3.00 bits per heavy atom. The lowest BCUT2D eigenvalue weighted by atomic mass is 10.0. The molecule has 1 aliphatic rings. The number of nitrogen functional groups attached to an aromatic ring is 1. The molecule has 0 amide bonds. The Balaban J connectivity index is 1.97. The van der Waals surface area contributed by atoms with E-state index in [1.165, 1.54) is 6.42 Å². The number of nitrogens with two attached hydrogens (primary N) is 1. The predicted molar refractivity (Wildman–Crippen MR) is 78.2 cm³/mol. The van der Waals surface area contributed by atoms with Crippen LogP contribution in [0, 0.1) is 0 Å². The summed E-state index contributed by atoms with van der Waals surface area (Å²) in [5.74, 6) is 0.955. The van der Waals surface area contributed by atoms with Crippen molar-refractivity contribution in [3.63, 3.8) is 0 Å². The van der Waals surface area contributed by atoms with Crippen LogP contribution in [0.2, 0.25) is 0 Å². The van der Waals surface area contributed by atoms with E-state index in [2.05, 4.69) is 11.0 Å². The van der Waals surface area contributed by atoms with Gasteiger partial charge in [-0.15, -0.1) is 0 Å². The quantitative estimate of drug-likeness (QED) is 0.809. The van der Waals surface area contributed by atoms with Crippen LogP contribution < -0.4 is 10.6 Å². The van der Waals surface area contributed by atoms with E-state index in [1.807, 2.05) is 24.3 Å². The molecule has 3 N–H and O–H groups in total. The van der Waals surface area contributed by atoms with Crippen molar-refractivity contribution in [3.05, 3.63) is 30.3 Å². The summed E-state index contributed by atoms with van der Waals surface area (Å²) in [4.78, 5) is 6.92. The van der Waals surface area contributed by atoms with Crippen molar-refractivity contribution in [3.8, 4) is 0 Å². The van der Waals surface area contributed by atoms with Crippen LogP contribution in [0.25, 0.3) is 10.9 Å². The standard InChI is InChI=1S/C15H19N3O/c16-12-5-6-14-11(9-12)4-7-15(17-14)18-8-2-1-3-13(18)10-19/h4-7,9,13,19H,1-3,8,10,16H2. The molecule has 4 nitrogen and oxygen atoms in total. The second kappa shape index (κ2) is 5.05. The monoisotopic (exact) mass is 257 g/mol. The molecular weight excluding hydrogens is 238 g/mol. The Morgan fingerprint density at radius 1 is 1.26 bits per heavy atom. The van der Waals surface area contributed by atoms with E-state index in [0.29, 0.717) is 0 Å². The van der Waals surface area contributed by atoms with Crippen LogP contribution >= 0.6 is 0 Å². The molecule has 0 radical (unpaired) electrons. The van der Waals surface area contributed by atoms with E-state index < -0.39 is 0 Å². The van der Waals surface area contributed by atoms with Gasteiger partial charge in [-0.2, -0.15) is 0 Å². The average Bonchev–Trinajstić information content (AvgIpc) is 2.46. The zero-order valence-corrected chi connectivity index (χ0v) is 10.9. The van der Waals surface area contributed by atoms with E-state index in [-0.39, 0.29) is 12.6 Å². The molecule has 3 rings (SSSR count).